The van der Waals surface area contributed by atoms with Crippen molar-refractivity contribution in [2.45, 2.75) is 6.43 Å². The molecule has 2 fully saturated rings. The van der Waals surface area contributed by atoms with Crippen LogP contribution < -0.4 is 20.9 Å². The zero-order chi connectivity index (χ0) is 19.5. The summed E-state index contributed by atoms with van der Waals surface area (Å²) in [6, 6.07) is 1.17. The van der Waals surface area contributed by atoms with Gasteiger partial charge < -0.3 is 25.6 Å². The number of pyridine rings is 1. The Bertz CT molecular complexity index is 789. The predicted molar refractivity (Wildman–Crippen MR) is 101 cm³/mol. The average molecular weight is 392 g/mol. The maximum Gasteiger partial charge on any atom is 0.264 e. The van der Waals surface area contributed by atoms with E-state index >= 15 is 0 Å². The smallest absolute Gasteiger partial charge is 0.264 e. The van der Waals surface area contributed by atoms with E-state index in [4.69, 9.17) is 10.5 Å². The Balaban J connectivity index is 1.79. The van der Waals surface area contributed by atoms with E-state index in [1.54, 1.807) is 0 Å². The van der Waals surface area contributed by atoms with Gasteiger partial charge in [-0.15, -0.1) is 0 Å². The zero-order valence-corrected chi connectivity index (χ0v) is 15.3. The minimum absolute atomic E-state index is 0.0313. The Morgan fingerprint density at radius 3 is 2.29 bits per heavy atom. The highest BCUT2D eigenvalue weighted by Crippen LogP contribution is 2.31. The number of morpholine rings is 1. The summed E-state index contributed by atoms with van der Waals surface area (Å²) in [5, 5.41) is 3.28. The van der Waals surface area contributed by atoms with Crippen LogP contribution in [0, 0.1) is 0 Å². The van der Waals surface area contributed by atoms with Gasteiger partial charge in [0.2, 0.25) is 11.9 Å². The number of nitrogens with one attached hydrogen (secondary N) is 1. The highest BCUT2D eigenvalue weighted by atomic mass is 19.3. The Labute approximate surface area is 160 Å². The van der Waals surface area contributed by atoms with Gasteiger partial charge in [0.25, 0.3) is 6.43 Å². The molecule has 0 radical (unpaired) electrons. The standard InChI is InChI=1S/C17H22F2N8O/c18-14(19)11-9-13(20)22-10-12(11)15-23-16(26-3-1-21-2-4-26)25-17(24-15)27-5-7-28-8-6-27/h9-10,14,21H,1-8H2,(H2,20,22). The van der Waals surface area contributed by atoms with Gasteiger partial charge in [-0.3, -0.25) is 0 Å². The van der Waals surface area contributed by atoms with E-state index in [-0.39, 0.29) is 22.8 Å². The van der Waals surface area contributed by atoms with Gasteiger partial charge in [0.15, 0.2) is 5.82 Å². The highest BCUT2D eigenvalue weighted by molar-refractivity contribution is 5.64. The van der Waals surface area contributed by atoms with E-state index in [1.807, 2.05) is 9.80 Å². The van der Waals surface area contributed by atoms with Crippen LogP contribution in [0.2, 0.25) is 0 Å². The summed E-state index contributed by atoms with van der Waals surface area (Å²) in [7, 11) is 0. The Morgan fingerprint density at radius 2 is 1.64 bits per heavy atom. The summed E-state index contributed by atoms with van der Waals surface area (Å²) in [5.41, 5.74) is 5.53. The first kappa shape index (κ1) is 18.7. The number of nitrogens with zero attached hydrogens (tertiary/aromatic N) is 6. The van der Waals surface area contributed by atoms with E-state index < -0.39 is 6.43 Å². The van der Waals surface area contributed by atoms with Crippen LogP contribution in [0.15, 0.2) is 12.3 Å². The molecule has 0 unspecified atom stereocenters. The van der Waals surface area contributed by atoms with E-state index in [1.165, 1.54) is 12.3 Å². The summed E-state index contributed by atoms with van der Waals surface area (Å²) >= 11 is 0. The first-order chi connectivity index (χ1) is 13.6. The normalized spacial score (nSPS) is 18.0. The number of nitrogen functional groups attached to an aromatic ring is 1. The van der Waals surface area contributed by atoms with Gasteiger partial charge in [0, 0.05) is 56.6 Å². The van der Waals surface area contributed by atoms with Crippen molar-refractivity contribution in [2.24, 2.45) is 0 Å². The number of piperazine rings is 1. The molecule has 2 aromatic heterocycles. The molecule has 4 heterocycles. The van der Waals surface area contributed by atoms with Crippen LogP contribution >= 0.6 is 0 Å². The molecule has 9 nitrogen and oxygen atoms in total. The molecule has 2 aliphatic rings. The number of rotatable bonds is 4. The lowest BCUT2D eigenvalue weighted by Crippen LogP contribution is -2.44. The number of alkyl halides is 2. The lowest BCUT2D eigenvalue weighted by Gasteiger charge is -2.30. The van der Waals surface area contributed by atoms with Gasteiger partial charge in [-0.05, 0) is 6.07 Å². The predicted octanol–water partition coefficient (Wildman–Crippen LogP) is 0.700. The number of halogens is 2. The van der Waals surface area contributed by atoms with Crippen molar-refractivity contribution >= 4 is 17.7 Å². The van der Waals surface area contributed by atoms with E-state index in [0.717, 1.165) is 26.2 Å². The molecule has 0 atom stereocenters. The summed E-state index contributed by atoms with van der Waals surface area (Å²) in [6.07, 6.45) is -1.41. The monoisotopic (exact) mass is 392 g/mol. The van der Waals surface area contributed by atoms with E-state index in [9.17, 15) is 8.78 Å². The van der Waals surface area contributed by atoms with Crippen LogP contribution in [-0.2, 0) is 4.74 Å². The Hall–Kier alpha value is -2.66. The van der Waals surface area contributed by atoms with Gasteiger partial charge >= 0.3 is 0 Å². The van der Waals surface area contributed by atoms with Gasteiger partial charge in [-0.2, -0.15) is 15.0 Å². The highest BCUT2D eigenvalue weighted by Gasteiger charge is 2.24. The Kier molecular flexibility index (Phi) is 5.44. The van der Waals surface area contributed by atoms with Gasteiger partial charge in [0.1, 0.15) is 5.82 Å². The molecule has 0 amide bonds. The molecule has 2 aromatic rings. The van der Waals surface area contributed by atoms with Crippen molar-refractivity contribution in [1.82, 2.24) is 25.3 Å². The third-order valence-electron chi connectivity index (χ3n) is 4.74. The third-order valence-corrected chi connectivity index (χ3v) is 4.74. The van der Waals surface area contributed by atoms with Crippen molar-refractivity contribution in [3.63, 3.8) is 0 Å². The number of hydrogen-bond acceptors (Lipinski definition) is 9. The molecule has 0 aromatic carbocycles. The maximum absolute atomic E-state index is 13.6. The average Bonchev–Trinajstić information content (AvgIpc) is 2.74. The van der Waals surface area contributed by atoms with Gasteiger partial charge in [0.05, 0.1) is 13.2 Å². The maximum atomic E-state index is 13.6. The Morgan fingerprint density at radius 1 is 1.00 bits per heavy atom. The molecular weight excluding hydrogens is 370 g/mol. The molecule has 0 spiro atoms. The summed E-state index contributed by atoms with van der Waals surface area (Å²) in [5.74, 6) is 1.14. The lowest BCUT2D eigenvalue weighted by atomic mass is 10.1. The van der Waals surface area contributed by atoms with Crippen LogP contribution in [0.25, 0.3) is 11.4 Å². The molecule has 4 rings (SSSR count). The first-order valence-electron chi connectivity index (χ1n) is 9.20. The molecule has 28 heavy (non-hydrogen) atoms. The molecule has 3 N–H and O–H groups in total. The number of nitrogens with two attached hydrogens (primary N) is 1. The van der Waals surface area contributed by atoms with Crippen LogP contribution in [0.1, 0.15) is 12.0 Å². The number of anilines is 3. The number of ether oxygens (including phenoxy) is 1. The number of aromatic nitrogens is 4. The van der Waals surface area contributed by atoms with Crippen LogP contribution in [0.5, 0.6) is 0 Å². The summed E-state index contributed by atoms with van der Waals surface area (Å²) < 4.78 is 32.6. The van der Waals surface area contributed by atoms with Crippen molar-refractivity contribution in [3.8, 4) is 11.4 Å². The van der Waals surface area contributed by atoms with Crippen LogP contribution in [0.4, 0.5) is 26.5 Å². The fraction of sp³-hybridized carbons (Fsp3) is 0.529. The first-order valence-corrected chi connectivity index (χ1v) is 9.20. The molecule has 2 aliphatic heterocycles. The molecule has 0 aliphatic carbocycles. The second kappa shape index (κ2) is 8.15. The van der Waals surface area contributed by atoms with Crippen LogP contribution in [-0.4, -0.2) is 72.4 Å². The largest absolute Gasteiger partial charge is 0.384 e. The van der Waals surface area contributed by atoms with Crippen molar-refractivity contribution in [1.29, 1.82) is 0 Å². The summed E-state index contributed by atoms with van der Waals surface area (Å²) in [6.45, 7) is 5.46. The molecule has 0 bridgehead atoms. The fourth-order valence-corrected chi connectivity index (χ4v) is 3.24. The molecular formula is C17H22F2N8O. The van der Waals surface area contributed by atoms with Crippen molar-refractivity contribution < 1.29 is 13.5 Å². The molecule has 2 saturated heterocycles. The molecule has 150 valence electrons. The SMILES string of the molecule is Nc1cc(C(F)F)c(-c2nc(N3CCNCC3)nc(N3CCOCC3)n2)cn1. The minimum Gasteiger partial charge on any atom is -0.384 e. The van der Waals surface area contributed by atoms with Crippen LogP contribution in [0.3, 0.4) is 0 Å². The number of hydrogen-bond donors (Lipinski definition) is 2. The second-order valence-corrected chi connectivity index (χ2v) is 6.59. The van der Waals surface area contributed by atoms with Gasteiger partial charge in [-0.1, -0.05) is 0 Å². The van der Waals surface area contributed by atoms with E-state index in [2.05, 4.69) is 25.3 Å². The third kappa shape index (κ3) is 3.94. The van der Waals surface area contributed by atoms with Crippen molar-refractivity contribution in [2.75, 3.05) is 68.0 Å². The molecule has 0 saturated carbocycles. The lowest BCUT2D eigenvalue weighted by molar-refractivity contribution is 0.122. The minimum atomic E-state index is -2.72. The van der Waals surface area contributed by atoms with Gasteiger partial charge in [-0.25, -0.2) is 13.8 Å². The summed E-state index contributed by atoms with van der Waals surface area (Å²) in [4.78, 5) is 21.6. The molecule has 11 heteroatoms. The van der Waals surface area contributed by atoms with E-state index in [0.29, 0.717) is 38.2 Å². The fourth-order valence-electron chi connectivity index (χ4n) is 3.24. The van der Waals surface area contributed by atoms with Crippen molar-refractivity contribution in [3.05, 3.63) is 17.8 Å². The zero-order valence-electron chi connectivity index (χ0n) is 15.3. The second-order valence-electron chi connectivity index (χ2n) is 6.59. The topological polar surface area (TPSA) is 105 Å². The quantitative estimate of drug-likeness (QED) is 0.778.